The van der Waals surface area contributed by atoms with Crippen LogP contribution in [-0.4, -0.2) is 31.2 Å². The largest absolute Gasteiger partial charge is 0.379 e. The lowest BCUT2D eigenvalue weighted by molar-refractivity contribution is -0.131. The van der Waals surface area contributed by atoms with Crippen molar-refractivity contribution in [3.05, 3.63) is 0 Å². The summed E-state index contributed by atoms with van der Waals surface area (Å²) in [4.78, 5) is 12.1. The highest BCUT2D eigenvalue weighted by Gasteiger charge is 2.44. The molecule has 3 atom stereocenters. The Labute approximate surface area is 96.9 Å². The van der Waals surface area contributed by atoms with Crippen LogP contribution in [0.25, 0.3) is 0 Å². The van der Waals surface area contributed by atoms with E-state index >= 15 is 0 Å². The molecule has 0 radical (unpaired) electrons. The molecule has 4 heteroatoms. The number of carbonyl (C=O) groups excluding carboxylic acids is 1. The number of hydrogen-bond acceptors (Lipinski definition) is 3. The Balaban J connectivity index is 2.61. The molecular formula is C12H20N2O2. The Hall–Kier alpha value is -1.05. The summed E-state index contributed by atoms with van der Waals surface area (Å²) in [5.41, 5.74) is 5.22. The molecule has 16 heavy (non-hydrogen) atoms. The van der Waals surface area contributed by atoms with Gasteiger partial charge in [-0.1, -0.05) is 19.3 Å². The van der Waals surface area contributed by atoms with Crippen molar-refractivity contribution in [1.29, 1.82) is 0 Å². The van der Waals surface area contributed by atoms with Crippen molar-refractivity contribution in [1.82, 2.24) is 5.32 Å². The molecule has 0 aliphatic carbocycles. The van der Waals surface area contributed by atoms with Gasteiger partial charge >= 0.3 is 0 Å². The molecule has 1 amide bonds. The molecule has 90 valence electrons. The van der Waals surface area contributed by atoms with Gasteiger partial charge in [0.05, 0.1) is 24.7 Å². The fourth-order valence-electron chi connectivity index (χ4n) is 1.73. The van der Waals surface area contributed by atoms with Crippen LogP contribution in [0, 0.1) is 17.8 Å². The van der Waals surface area contributed by atoms with Crippen LogP contribution in [0.2, 0.25) is 0 Å². The molecule has 1 saturated heterocycles. The van der Waals surface area contributed by atoms with Gasteiger partial charge in [-0.15, -0.1) is 6.42 Å². The molecule has 1 heterocycles. The van der Waals surface area contributed by atoms with E-state index in [2.05, 4.69) is 11.2 Å². The lowest BCUT2D eigenvalue weighted by Crippen LogP contribution is -2.52. The summed E-state index contributed by atoms with van der Waals surface area (Å²) < 4.78 is 5.23. The van der Waals surface area contributed by atoms with Gasteiger partial charge in [-0.3, -0.25) is 4.79 Å². The zero-order valence-corrected chi connectivity index (χ0v) is 9.95. The molecule has 0 saturated carbocycles. The predicted molar refractivity (Wildman–Crippen MR) is 62.6 cm³/mol. The second-order valence-electron chi connectivity index (χ2n) is 4.52. The number of nitrogens with one attached hydrogen (secondary N) is 1. The molecule has 3 N–H and O–H groups in total. The number of amides is 1. The van der Waals surface area contributed by atoms with Crippen LogP contribution in [0.4, 0.5) is 0 Å². The summed E-state index contributed by atoms with van der Waals surface area (Å²) in [6.45, 7) is 4.64. The fourth-order valence-corrected chi connectivity index (χ4v) is 1.73. The average Bonchev–Trinajstić information content (AvgIpc) is 2.60. The van der Waals surface area contributed by atoms with E-state index in [1.54, 1.807) is 0 Å². The second-order valence-corrected chi connectivity index (χ2v) is 4.52. The minimum absolute atomic E-state index is 0.103. The summed E-state index contributed by atoms with van der Waals surface area (Å²) in [7, 11) is 0. The average molecular weight is 224 g/mol. The first-order chi connectivity index (χ1) is 7.54. The fraction of sp³-hybridized carbons (Fsp3) is 0.750. The van der Waals surface area contributed by atoms with Gasteiger partial charge in [-0.25, -0.2) is 0 Å². The first-order valence-corrected chi connectivity index (χ1v) is 5.65. The monoisotopic (exact) mass is 224 g/mol. The van der Waals surface area contributed by atoms with Crippen molar-refractivity contribution in [3.8, 4) is 12.3 Å². The molecule has 3 unspecified atom stereocenters. The van der Waals surface area contributed by atoms with E-state index < -0.39 is 5.41 Å². The highest BCUT2D eigenvalue weighted by atomic mass is 16.5. The third-order valence-electron chi connectivity index (χ3n) is 3.12. The Bertz CT molecular complexity index is 298. The molecule has 1 rings (SSSR count). The van der Waals surface area contributed by atoms with E-state index in [1.165, 1.54) is 0 Å². The number of carbonyl (C=O) groups is 1. The van der Waals surface area contributed by atoms with Gasteiger partial charge in [-0.2, -0.15) is 0 Å². The van der Waals surface area contributed by atoms with Crippen LogP contribution in [0.1, 0.15) is 26.7 Å². The molecule has 0 bridgehead atoms. The highest BCUT2D eigenvalue weighted by Crippen LogP contribution is 2.27. The van der Waals surface area contributed by atoms with E-state index in [1.807, 2.05) is 13.8 Å². The van der Waals surface area contributed by atoms with Crippen LogP contribution in [-0.2, 0) is 9.53 Å². The van der Waals surface area contributed by atoms with Gasteiger partial charge in [0.2, 0.25) is 5.91 Å². The van der Waals surface area contributed by atoms with Gasteiger partial charge in [0.25, 0.3) is 0 Å². The SMILES string of the molecule is C#CC(CCC)NC(=O)C1(C)COCC1N. The lowest BCUT2D eigenvalue weighted by atomic mass is 9.84. The molecule has 0 aromatic carbocycles. The summed E-state index contributed by atoms with van der Waals surface area (Å²) in [5, 5.41) is 2.85. The van der Waals surface area contributed by atoms with E-state index in [0.717, 1.165) is 12.8 Å². The zero-order chi connectivity index (χ0) is 12.2. The number of hydrogen-bond donors (Lipinski definition) is 2. The number of rotatable bonds is 4. The van der Waals surface area contributed by atoms with Crippen LogP contribution < -0.4 is 11.1 Å². The Morgan fingerprint density at radius 3 is 2.94 bits per heavy atom. The van der Waals surface area contributed by atoms with Gasteiger partial charge < -0.3 is 15.8 Å². The summed E-state index contributed by atoms with van der Waals surface area (Å²) >= 11 is 0. The predicted octanol–water partition coefficient (Wildman–Crippen LogP) is 0.268. The van der Waals surface area contributed by atoms with Crippen molar-refractivity contribution >= 4 is 5.91 Å². The molecule has 1 aliphatic rings. The zero-order valence-electron chi connectivity index (χ0n) is 9.95. The molecule has 0 aromatic heterocycles. The van der Waals surface area contributed by atoms with Crippen molar-refractivity contribution in [3.63, 3.8) is 0 Å². The van der Waals surface area contributed by atoms with E-state index in [-0.39, 0.29) is 18.0 Å². The van der Waals surface area contributed by atoms with Crippen LogP contribution in [0.3, 0.4) is 0 Å². The quantitative estimate of drug-likeness (QED) is 0.674. The maximum atomic E-state index is 12.1. The third kappa shape index (κ3) is 2.55. The first kappa shape index (κ1) is 13.0. The Kier molecular flexibility index (Phi) is 4.34. The van der Waals surface area contributed by atoms with Crippen LogP contribution in [0.15, 0.2) is 0 Å². The van der Waals surface area contributed by atoms with Crippen molar-refractivity contribution in [2.24, 2.45) is 11.1 Å². The van der Waals surface area contributed by atoms with Gasteiger partial charge in [0.1, 0.15) is 0 Å². The minimum Gasteiger partial charge on any atom is -0.379 e. The Morgan fingerprint density at radius 1 is 1.81 bits per heavy atom. The van der Waals surface area contributed by atoms with Gasteiger partial charge in [-0.05, 0) is 13.3 Å². The molecule has 4 nitrogen and oxygen atoms in total. The molecule has 1 fully saturated rings. The smallest absolute Gasteiger partial charge is 0.230 e. The number of terminal acetylenes is 1. The third-order valence-corrected chi connectivity index (χ3v) is 3.12. The number of ether oxygens (including phenoxy) is 1. The van der Waals surface area contributed by atoms with E-state index in [9.17, 15) is 4.79 Å². The molecule has 1 aliphatic heterocycles. The van der Waals surface area contributed by atoms with Gasteiger partial charge in [0, 0.05) is 6.04 Å². The van der Waals surface area contributed by atoms with Crippen molar-refractivity contribution in [2.45, 2.75) is 38.8 Å². The molecule has 0 aromatic rings. The normalized spacial score (nSPS) is 30.8. The maximum Gasteiger partial charge on any atom is 0.230 e. The summed E-state index contributed by atoms with van der Waals surface area (Å²) in [5.74, 6) is 2.47. The Morgan fingerprint density at radius 2 is 2.50 bits per heavy atom. The van der Waals surface area contributed by atoms with Crippen LogP contribution in [0.5, 0.6) is 0 Å². The highest BCUT2D eigenvalue weighted by molar-refractivity contribution is 5.84. The standard InChI is InChI=1S/C12H20N2O2/c1-4-6-9(5-2)14-11(15)12(3)8-16-7-10(12)13/h2,9-10H,4,6-8,13H2,1,3H3,(H,14,15). The molecular weight excluding hydrogens is 204 g/mol. The molecule has 0 spiro atoms. The maximum absolute atomic E-state index is 12.1. The second kappa shape index (κ2) is 5.33. The number of nitrogens with two attached hydrogens (primary N) is 1. The van der Waals surface area contributed by atoms with E-state index in [0.29, 0.717) is 13.2 Å². The van der Waals surface area contributed by atoms with E-state index in [4.69, 9.17) is 16.9 Å². The lowest BCUT2D eigenvalue weighted by Gasteiger charge is -2.27. The summed E-state index contributed by atoms with van der Waals surface area (Å²) in [6.07, 6.45) is 7.08. The van der Waals surface area contributed by atoms with Crippen LogP contribution >= 0.6 is 0 Å². The van der Waals surface area contributed by atoms with Crippen molar-refractivity contribution in [2.75, 3.05) is 13.2 Å². The first-order valence-electron chi connectivity index (χ1n) is 5.65. The van der Waals surface area contributed by atoms with Crippen molar-refractivity contribution < 1.29 is 9.53 Å². The van der Waals surface area contributed by atoms with Gasteiger partial charge in [0.15, 0.2) is 0 Å². The summed E-state index contributed by atoms with van der Waals surface area (Å²) in [6, 6.07) is -0.463. The minimum atomic E-state index is -0.650. The topological polar surface area (TPSA) is 64.3 Å².